The van der Waals surface area contributed by atoms with Crippen LogP contribution in [0.25, 0.3) is 0 Å². The summed E-state index contributed by atoms with van der Waals surface area (Å²) in [5, 5.41) is 4.39. The molecule has 160 valence electrons. The second kappa shape index (κ2) is 9.76. The van der Waals surface area contributed by atoms with Crippen molar-refractivity contribution >= 4 is 39.4 Å². The lowest BCUT2D eigenvalue weighted by atomic mass is 10.2. The number of benzene rings is 3. The summed E-state index contributed by atoms with van der Waals surface area (Å²) < 4.78 is 27.7. The minimum atomic E-state index is -3.97. The summed E-state index contributed by atoms with van der Waals surface area (Å²) in [7, 11) is -3.97. The molecule has 0 saturated heterocycles. The van der Waals surface area contributed by atoms with Gasteiger partial charge in [-0.05, 0) is 49.7 Å². The second-order valence-electron chi connectivity index (χ2n) is 6.98. The maximum absolute atomic E-state index is 13.3. The Morgan fingerprint density at radius 3 is 2.39 bits per heavy atom. The van der Waals surface area contributed by atoms with Crippen molar-refractivity contribution in [3.8, 4) is 0 Å². The SMILES string of the molecule is Cc1ccc(S(=O)(=O)N(CC(=O)N/N=C\c2ccccc2Cl)c2cccc(C)c2)cc1. The van der Waals surface area contributed by atoms with Gasteiger partial charge in [0.2, 0.25) is 0 Å². The fourth-order valence-corrected chi connectivity index (χ4v) is 4.45. The van der Waals surface area contributed by atoms with Crippen LogP contribution in [-0.4, -0.2) is 27.1 Å². The van der Waals surface area contributed by atoms with Crippen molar-refractivity contribution in [2.45, 2.75) is 18.7 Å². The molecule has 3 aromatic rings. The molecule has 1 amide bonds. The maximum atomic E-state index is 13.3. The van der Waals surface area contributed by atoms with Crippen molar-refractivity contribution < 1.29 is 13.2 Å². The Balaban J connectivity index is 1.86. The van der Waals surface area contributed by atoms with Crippen LogP contribution in [0, 0.1) is 13.8 Å². The molecule has 6 nitrogen and oxygen atoms in total. The van der Waals surface area contributed by atoms with Crippen molar-refractivity contribution in [3.63, 3.8) is 0 Å². The molecule has 8 heteroatoms. The summed E-state index contributed by atoms with van der Waals surface area (Å²) in [5.41, 5.74) is 5.21. The number of aryl methyl sites for hydroxylation is 2. The zero-order chi connectivity index (χ0) is 22.4. The van der Waals surface area contributed by atoms with Crippen LogP contribution in [-0.2, 0) is 14.8 Å². The number of rotatable bonds is 7. The molecule has 0 radical (unpaired) electrons. The summed E-state index contributed by atoms with van der Waals surface area (Å²) in [5.74, 6) is -0.583. The van der Waals surface area contributed by atoms with Gasteiger partial charge >= 0.3 is 0 Å². The van der Waals surface area contributed by atoms with Crippen molar-refractivity contribution in [2.75, 3.05) is 10.8 Å². The lowest BCUT2D eigenvalue weighted by Gasteiger charge is -2.24. The van der Waals surface area contributed by atoms with Gasteiger partial charge in [0.15, 0.2) is 0 Å². The number of anilines is 1. The van der Waals surface area contributed by atoms with Crippen molar-refractivity contribution in [2.24, 2.45) is 5.10 Å². The summed E-state index contributed by atoms with van der Waals surface area (Å²) in [4.78, 5) is 12.7. The highest BCUT2D eigenvalue weighted by molar-refractivity contribution is 7.92. The van der Waals surface area contributed by atoms with Crippen LogP contribution in [0.15, 0.2) is 82.8 Å². The van der Waals surface area contributed by atoms with Gasteiger partial charge in [0.25, 0.3) is 15.9 Å². The first kappa shape index (κ1) is 22.5. The molecule has 0 aromatic heterocycles. The van der Waals surface area contributed by atoms with Gasteiger partial charge in [0.1, 0.15) is 6.54 Å². The molecule has 0 saturated carbocycles. The van der Waals surface area contributed by atoms with Gasteiger partial charge in [0, 0.05) is 10.6 Å². The molecule has 0 fully saturated rings. The van der Waals surface area contributed by atoms with E-state index in [0.29, 0.717) is 16.3 Å². The molecule has 0 aliphatic rings. The average molecular weight is 456 g/mol. The van der Waals surface area contributed by atoms with Gasteiger partial charge in [-0.3, -0.25) is 9.10 Å². The van der Waals surface area contributed by atoms with Gasteiger partial charge in [-0.15, -0.1) is 0 Å². The number of nitrogens with one attached hydrogen (secondary N) is 1. The number of hydrazone groups is 1. The van der Waals surface area contributed by atoms with E-state index in [1.807, 2.05) is 19.9 Å². The van der Waals surface area contributed by atoms with Crippen molar-refractivity contribution in [1.29, 1.82) is 0 Å². The zero-order valence-corrected chi connectivity index (χ0v) is 18.7. The molecular formula is C23H22ClN3O3S. The van der Waals surface area contributed by atoms with Crippen LogP contribution in [0.4, 0.5) is 5.69 Å². The quantitative estimate of drug-likeness (QED) is 0.426. The molecule has 3 aromatic carbocycles. The predicted molar refractivity (Wildman–Crippen MR) is 124 cm³/mol. The molecule has 0 aliphatic heterocycles. The van der Waals surface area contributed by atoms with E-state index in [1.54, 1.807) is 54.6 Å². The first-order valence-electron chi connectivity index (χ1n) is 9.50. The molecule has 0 atom stereocenters. The molecule has 0 heterocycles. The van der Waals surface area contributed by atoms with Crippen LogP contribution < -0.4 is 9.73 Å². The number of carbonyl (C=O) groups is 1. The van der Waals surface area contributed by atoms with Gasteiger partial charge in [0.05, 0.1) is 16.8 Å². The highest BCUT2D eigenvalue weighted by Crippen LogP contribution is 2.24. The first-order valence-corrected chi connectivity index (χ1v) is 11.3. The van der Waals surface area contributed by atoms with Gasteiger partial charge in [-0.2, -0.15) is 5.10 Å². The van der Waals surface area contributed by atoms with E-state index in [9.17, 15) is 13.2 Å². The van der Waals surface area contributed by atoms with Crippen LogP contribution in [0.3, 0.4) is 0 Å². The third-order valence-electron chi connectivity index (χ3n) is 4.48. The Kier molecular flexibility index (Phi) is 7.09. The van der Waals surface area contributed by atoms with E-state index in [0.717, 1.165) is 15.4 Å². The highest BCUT2D eigenvalue weighted by Gasteiger charge is 2.27. The maximum Gasteiger partial charge on any atom is 0.264 e. The number of carbonyl (C=O) groups excluding carboxylic acids is 1. The Bertz CT molecular complexity index is 1210. The van der Waals surface area contributed by atoms with E-state index in [2.05, 4.69) is 10.5 Å². The van der Waals surface area contributed by atoms with Crippen LogP contribution in [0.1, 0.15) is 16.7 Å². The normalized spacial score (nSPS) is 11.5. The smallest absolute Gasteiger partial charge is 0.264 e. The Hall–Kier alpha value is -3.16. The van der Waals surface area contributed by atoms with Crippen LogP contribution in [0.2, 0.25) is 5.02 Å². The van der Waals surface area contributed by atoms with E-state index in [-0.39, 0.29) is 4.90 Å². The molecule has 0 aliphatic carbocycles. The average Bonchev–Trinajstić information content (AvgIpc) is 2.73. The van der Waals surface area contributed by atoms with Crippen molar-refractivity contribution in [1.82, 2.24) is 5.43 Å². The molecule has 0 spiro atoms. The molecule has 0 bridgehead atoms. The highest BCUT2D eigenvalue weighted by atomic mass is 35.5. The van der Waals surface area contributed by atoms with E-state index < -0.39 is 22.5 Å². The fourth-order valence-electron chi connectivity index (χ4n) is 2.86. The number of halogens is 1. The van der Waals surface area contributed by atoms with E-state index in [1.165, 1.54) is 18.3 Å². The van der Waals surface area contributed by atoms with E-state index >= 15 is 0 Å². The Labute approximate surface area is 187 Å². The van der Waals surface area contributed by atoms with Crippen LogP contribution in [0.5, 0.6) is 0 Å². The summed E-state index contributed by atoms with van der Waals surface area (Å²) in [6.45, 7) is 3.30. The largest absolute Gasteiger partial charge is 0.271 e. The fraction of sp³-hybridized carbons (Fsp3) is 0.130. The lowest BCUT2D eigenvalue weighted by Crippen LogP contribution is -2.39. The molecule has 3 rings (SSSR count). The number of hydrogen-bond donors (Lipinski definition) is 1. The Morgan fingerprint density at radius 1 is 1.00 bits per heavy atom. The minimum Gasteiger partial charge on any atom is -0.271 e. The van der Waals surface area contributed by atoms with Crippen LogP contribution >= 0.6 is 11.6 Å². The third kappa shape index (κ3) is 5.71. The number of amides is 1. The van der Waals surface area contributed by atoms with E-state index in [4.69, 9.17) is 11.6 Å². The number of sulfonamides is 1. The van der Waals surface area contributed by atoms with Gasteiger partial charge in [-0.1, -0.05) is 59.6 Å². The van der Waals surface area contributed by atoms with Gasteiger partial charge in [-0.25, -0.2) is 13.8 Å². The first-order chi connectivity index (χ1) is 14.8. The summed E-state index contributed by atoms with van der Waals surface area (Å²) in [6, 6.07) is 20.5. The molecule has 1 N–H and O–H groups in total. The molecule has 31 heavy (non-hydrogen) atoms. The summed E-state index contributed by atoms with van der Waals surface area (Å²) >= 11 is 6.07. The summed E-state index contributed by atoms with van der Waals surface area (Å²) in [6.07, 6.45) is 1.41. The topological polar surface area (TPSA) is 78.8 Å². The molecule has 0 unspecified atom stereocenters. The van der Waals surface area contributed by atoms with Crippen molar-refractivity contribution in [3.05, 3.63) is 94.5 Å². The predicted octanol–water partition coefficient (Wildman–Crippen LogP) is 4.30. The van der Waals surface area contributed by atoms with Gasteiger partial charge < -0.3 is 0 Å². The monoisotopic (exact) mass is 455 g/mol. The standard InChI is InChI=1S/C23H22ClN3O3S/c1-17-10-12-21(13-11-17)31(29,30)27(20-8-5-6-18(2)14-20)16-23(28)26-25-15-19-7-3-4-9-22(19)24/h3-15H,16H2,1-2H3,(H,26,28)/b25-15-. The lowest BCUT2D eigenvalue weighted by molar-refractivity contribution is -0.119. The number of nitrogens with zero attached hydrogens (tertiary/aromatic N) is 2. The zero-order valence-electron chi connectivity index (χ0n) is 17.1. The molecular weight excluding hydrogens is 434 g/mol. The Morgan fingerprint density at radius 2 is 1.71 bits per heavy atom. The third-order valence-corrected chi connectivity index (χ3v) is 6.62. The second-order valence-corrected chi connectivity index (χ2v) is 9.25. The number of hydrogen-bond acceptors (Lipinski definition) is 4. The minimum absolute atomic E-state index is 0.104.